The van der Waals surface area contributed by atoms with Crippen molar-refractivity contribution in [3.05, 3.63) is 56.5 Å². The molecular formula is C15H14Br2O3. The molecule has 1 unspecified atom stereocenters. The van der Waals surface area contributed by atoms with E-state index < -0.39 is 6.10 Å². The molecule has 0 heterocycles. The van der Waals surface area contributed by atoms with E-state index in [-0.39, 0.29) is 0 Å². The third kappa shape index (κ3) is 3.16. The summed E-state index contributed by atoms with van der Waals surface area (Å²) in [6.07, 6.45) is -0.764. The average molecular weight is 402 g/mol. The van der Waals surface area contributed by atoms with Crippen molar-refractivity contribution in [2.45, 2.75) is 6.10 Å². The monoisotopic (exact) mass is 400 g/mol. The molecule has 0 saturated heterocycles. The highest BCUT2D eigenvalue weighted by molar-refractivity contribution is 9.13. The van der Waals surface area contributed by atoms with E-state index in [0.717, 1.165) is 14.5 Å². The van der Waals surface area contributed by atoms with Gasteiger partial charge >= 0.3 is 0 Å². The van der Waals surface area contributed by atoms with E-state index in [2.05, 4.69) is 31.9 Å². The molecule has 0 saturated carbocycles. The van der Waals surface area contributed by atoms with Crippen LogP contribution in [0.4, 0.5) is 0 Å². The summed E-state index contributed by atoms with van der Waals surface area (Å²) in [4.78, 5) is 0. The molecule has 2 aromatic rings. The summed E-state index contributed by atoms with van der Waals surface area (Å²) in [5.74, 6) is 1.28. The molecule has 20 heavy (non-hydrogen) atoms. The van der Waals surface area contributed by atoms with E-state index in [0.29, 0.717) is 17.1 Å². The first kappa shape index (κ1) is 15.4. The Balaban J connectivity index is 2.41. The zero-order valence-corrected chi connectivity index (χ0v) is 14.2. The molecule has 0 bridgehead atoms. The second-order valence-electron chi connectivity index (χ2n) is 4.18. The summed E-state index contributed by atoms with van der Waals surface area (Å²) < 4.78 is 12.3. The van der Waals surface area contributed by atoms with Crippen LogP contribution in [0.2, 0.25) is 0 Å². The number of benzene rings is 2. The third-order valence-corrected chi connectivity index (χ3v) is 4.87. The Morgan fingerprint density at radius 2 is 1.70 bits per heavy atom. The Morgan fingerprint density at radius 1 is 0.950 bits per heavy atom. The normalized spacial score (nSPS) is 12.1. The number of hydrogen-bond acceptors (Lipinski definition) is 3. The summed E-state index contributed by atoms with van der Waals surface area (Å²) in [6, 6.07) is 11.0. The zero-order valence-electron chi connectivity index (χ0n) is 11.1. The van der Waals surface area contributed by atoms with Gasteiger partial charge in [0.25, 0.3) is 0 Å². The summed E-state index contributed by atoms with van der Waals surface area (Å²) in [7, 11) is 3.17. The molecule has 1 atom stereocenters. The molecule has 2 rings (SSSR count). The maximum atomic E-state index is 10.5. The minimum atomic E-state index is -0.764. The maximum absolute atomic E-state index is 10.5. The maximum Gasteiger partial charge on any atom is 0.128 e. The van der Waals surface area contributed by atoms with Crippen LogP contribution in [0.5, 0.6) is 11.5 Å². The second-order valence-corrected chi connectivity index (χ2v) is 5.89. The van der Waals surface area contributed by atoms with Crippen LogP contribution in [0.3, 0.4) is 0 Å². The van der Waals surface area contributed by atoms with Gasteiger partial charge in [0.05, 0.1) is 14.2 Å². The Morgan fingerprint density at radius 3 is 2.30 bits per heavy atom. The number of aliphatic hydroxyl groups is 1. The number of hydrogen-bond donors (Lipinski definition) is 1. The largest absolute Gasteiger partial charge is 0.497 e. The first-order chi connectivity index (χ1) is 9.56. The molecule has 0 aromatic heterocycles. The van der Waals surface area contributed by atoms with Crippen LogP contribution in [0, 0.1) is 0 Å². The van der Waals surface area contributed by atoms with Gasteiger partial charge in [-0.3, -0.25) is 0 Å². The van der Waals surface area contributed by atoms with Gasteiger partial charge in [0, 0.05) is 20.6 Å². The highest BCUT2D eigenvalue weighted by atomic mass is 79.9. The highest BCUT2D eigenvalue weighted by Gasteiger charge is 2.17. The van der Waals surface area contributed by atoms with Crippen LogP contribution in [0.1, 0.15) is 17.2 Å². The second kappa shape index (κ2) is 6.61. The van der Waals surface area contributed by atoms with Gasteiger partial charge in [-0.05, 0) is 61.7 Å². The molecule has 0 aliphatic heterocycles. The number of methoxy groups -OCH3 is 2. The molecule has 0 spiro atoms. The molecule has 5 heteroatoms. The van der Waals surface area contributed by atoms with Crippen molar-refractivity contribution < 1.29 is 14.6 Å². The van der Waals surface area contributed by atoms with Gasteiger partial charge in [-0.1, -0.05) is 6.07 Å². The Bertz CT molecular complexity index is 614. The SMILES string of the molecule is COc1ccc(C(O)c2ccc(Br)c(Br)c2)c(OC)c1. The van der Waals surface area contributed by atoms with Crippen molar-refractivity contribution in [2.24, 2.45) is 0 Å². The lowest BCUT2D eigenvalue weighted by Gasteiger charge is -2.16. The Hall–Kier alpha value is -1.04. The predicted octanol–water partition coefficient (Wildman–Crippen LogP) is 4.31. The van der Waals surface area contributed by atoms with Gasteiger partial charge < -0.3 is 14.6 Å². The van der Waals surface area contributed by atoms with Gasteiger partial charge in [-0.2, -0.15) is 0 Å². The van der Waals surface area contributed by atoms with E-state index >= 15 is 0 Å². The molecule has 0 aliphatic carbocycles. The molecule has 1 N–H and O–H groups in total. The van der Waals surface area contributed by atoms with Crippen LogP contribution in [0.15, 0.2) is 45.3 Å². The van der Waals surface area contributed by atoms with Crippen molar-refractivity contribution in [1.29, 1.82) is 0 Å². The fraction of sp³-hybridized carbons (Fsp3) is 0.200. The lowest BCUT2D eigenvalue weighted by molar-refractivity contribution is 0.214. The van der Waals surface area contributed by atoms with Gasteiger partial charge in [0.15, 0.2) is 0 Å². The van der Waals surface area contributed by atoms with Crippen molar-refractivity contribution in [3.8, 4) is 11.5 Å². The molecule has 0 radical (unpaired) electrons. The smallest absolute Gasteiger partial charge is 0.128 e. The lowest BCUT2D eigenvalue weighted by Crippen LogP contribution is -2.03. The zero-order chi connectivity index (χ0) is 14.7. The third-order valence-electron chi connectivity index (χ3n) is 2.99. The number of ether oxygens (including phenoxy) is 2. The van der Waals surface area contributed by atoms with Crippen molar-refractivity contribution in [3.63, 3.8) is 0 Å². The number of aliphatic hydroxyl groups excluding tert-OH is 1. The van der Waals surface area contributed by atoms with Crippen LogP contribution in [0.25, 0.3) is 0 Å². The van der Waals surface area contributed by atoms with Crippen molar-refractivity contribution >= 4 is 31.9 Å². The van der Waals surface area contributed by atoms with Crippen molar-refractivity contribution in [1.82, 2.24) is 0 Å². The molecule has 0 amide bonds. The van der Waals surface area contributed by atoms with E-state index in [4.69, 9.17) is 9.47 Å². The quantitative estimate of drug-likeness (QED) is 0.829. The van der Waals surface area contributed by atoms with Crippen LogP contribution in [-0.4, -0.2) is 19.3 Å². The fourth-order valence-electron chi connectivity index (χ4n) is 1.91. The summed E-state index contributed by atoms with van der Waals surface area (Å²) >= 11 is 6.85. The molecule has 106 valence electrons. The predicted molar refractivity (Wildman–Crippen MR) is 85.4 cm³/mol. The molecule has 3 nitrogen and oxygen atoms in total. The van der Waals surface area contributed by atoms with Crippen molar-refractivity contribution in [2.75, 3.05) is 14.2 Å². The van der Waals surface area contributed by atoms with Crippen LogP contribution < -0.4 is 9.47 Å². The summed E-state index contributed by atoms with van der Waals surface area (Å²) in [6.45, 7) is 0. The van der Waals surface area contributed by atoms with Gasteiger partial charge in [-0.15, -0.1) is 0 Å². The molecule has 0 aliphatic rings. The van der Waals surface area contributed by atoms with Gasteiger partial charge in [-0.25, -0.2) is 0 Å². The highest BCUT2D eigenvalue weighted by Crippen LogP contribution is 2.35. The minimum absolute atomic E-state index is 0.593. The molecular weight excluding hydrogens is 388 g/mol. The first-order valence-corrected chi connectivity index (χ1v) is 7.50. The standard InChI is InChI=1S/C15H14Br2O3/c1-19-10-4-5-11(14(8-10)20-2)15(18)9-3-6-12(16)13(17)7-9/h3-8,15,18H,1-2H3. The van der Waals surface area contributed by atoms with E-state index in [1.807, 2.05) is 18.2 Å². The summed E-state index contributed by atoms with van der Waals surface area (Å²) in [5.41, 5.74) is 1.48. The van der Waals surface area contributed by atoms with Crippen LogP contribution >= 0.6 is 31.9 Å². The molecule has 0 fully saturated rings. The average Bonchev–Trinajstić information content (AvgIpc) is 2.48. The number of rotatable bonds is 4. The minimum Gasteiger partial charge on any atom is -0.497 e. The van der Waals surface area contributed by atoms with E-state index in [1.54, 1.807) is 32.4 Å². The van der Waals surface area contributed by atoms with E-state index in [1.165, 1.54) is 0 Å². The topological polar surface area (TPSA) is 38.7 Å². The first-order valence-electron chi connectivity index (χ1n) is 5.91. The molecule has 2 aromatic carbocycles. The van der Waals surface area contributed by atoms with Gasteiger partial charge in [0.1, 0.15) is 17.6 Å². The summed E-state index contributed by atoms with van der Waals surface area (Å²) in [5, 5.41) is 10.5. The van der Waals surface area contributed by atoms with Crippen LogP contribution in [-0.2, 0) is 0 Å². The Labute approximate surface area is 134 Å². The van der Waals surface area contributed by atoms with E-state index in [9.17, 15) is 5.11 Å². The van der Waals surface area contributed by atoms with Gasteiger partial charge in [0.2, 0.25) is 0 Å². The number of halogens is 2. The Kier molecular flexibility index (Phi) is 5.07. The lowest BCUT2D eigenvalue weighted by atomic mass is 10.0. The fourth-order valence-corrected chi connectivity index (χ4v) is 2.55.